The summed E-state index contributed by atoms with van der Waals surface area (Å²) in [5.74, 6) is -0.426. The van der Waals surface area contributed by atoms with Crippen LogP contribution in [0, 0.1) is 0 Å². The van der Waals surface area contributed by atoms with Crippen LogP contribution in [0.25, 0.3) is 16.9 Å². The predicted molar refractivity (Wildman–Crippen MR) is 123 cm³/mol. The Morgan fingerprint density at radius 3 is 2.59 bits per heavy atom. The van der Waals surface area contributed by atoms with Crippen molar-refractivity contribution in [2.75, 3.05) is 18.4 Å². The van der Waals surface area contributed by atoms with Crippen molar-refractivity contribution in [1.29, 1.82) is 0 Å². The number of anilines is 2. The van der Waals surface area contributed by atoms with Crippen molar-refractivity contribution < 1.29 is 19.1 Å². The molecule has 1 aliphatic heterocycles. The van der Waals surface area contributed by atoms with E-state index in [9.17, 15) is 9.59 Å². The number of hydrogen-bond acceptors (Lipinski definition) is 5. The van der Waals surface area contributed by atoms with Crippen LogP contribution in [0.3, 0.4) is 0 Å². The van der Waals surface area contributed by atoms with Gasteiger partial charge < -0.3 is 19.7 Å². The van der Waals surface area contributed by atoms with Gasteiger partial charge in [0.2, 0.25) is 5.91 Å². The molecule has 0 saturated heterocycles. The summed E-state index contributed by atoms with van der Waals surface area (Å²) in [4.78, 5) is 28.7. The first-order valence-corrected chi connectivity index (χ1v) is 10.6. The highest BCUT2D eigenvalue weighted by molar-refractivity contribution is 6.30. The number of nitrogens with one attached hydrogen (secondary N) is 1. The zero-order valence-electron chi connectivity index (χ0n) is 17.3. The number of nitrogens with zero attached hydrogens (tertiary/aromatic N) is 2. The molecule has 0 radical (unpaired) electrons. The lowest BCUT2D eigenvalue weighted by atomic mass is 9.98. The molecule has 1 amide bonds. The van der Waals surface area contributed by atoms with Crippen molar-refractivity contribution in [1.82, 2.24) is 9.88 Å². The molecule has 1 aromatic heterocycles. The van der Waals surface area contributed by atoms with Gasteiger partial charge in [0.15, 0.2) is 5.76 Å². The van der Waals surface area contributed by atoms with Crippen LogP contribution in [0.1, 0.15) is 24.8 Å². The van der Waals surface area contributed by atoms with Crippen molar-refractivity contribution in [3.63, 3.8) is 0 Å². The van der Waals surface area contributed by atoms with Crippen LogP contribution in [-0.2, 0) is 9.59 Å². The molecule has 0 saturated carbocycles. The fourth-order valence-corrected chi connectivity index (χ4v) is 3.72. The van der Waals surface area contributed by atoms with Crippen LogP contribution in [0.15, 0.2) is 65.2 Å². The fourth-order valence-electron chi connectivity index (χ4n) is 3.53. The van der Waals surface area contributed by atoms with Gasteiger partial charge in [0.25, 0.3) is 6.01 Å². The Morgan fingerprint density at radius 2 is 1.91 bits per heavy atom. The number of carbonyl (C=O) groups excluding carboxylic acids is 1. The third kappa shape index (κ3) is 5.36. The van der Waals surface area contributed by atoms with Crippen molar-refractivity contribution in [2.24, 2.45) is 0 Å². The molecule has 7 nitrogen and oxygen atoms in total. The van der Waals surface area contributed by atoms with Crippen molar-refractivity contribution in [3.8, 4) is 11.3 Å². The second-order valence-electron chi connectivity index (χ2n) is 7.46. The van der Waals surface area contributed by atoms with Gasteiger partial charge in [-0.2, -0.15) is 0 Å². The van der Waals surface area contributed by atoms with E-state index in [0.717, 1.165) is 23.2 Å². The van der Waals surface area contributed by atoms with E-state index in [1.807, 2.05) is 42.5 Å². The van der Waals surface area contributed by atoms with Gasteiger partial charge in [0.1, 0.15) is 0 Å². The van der Waals surface area contributed by atoms with E-state index in [2.05, 4.69) is 10.3 Å². The van der Waals surface area contributed by atoms with E-state index in [1.54, 1.807) is 23.2 Å². The topological polar surface area (TPSA) is 95.7 Å². The Balaban J connectivity index is 1.38. The Labute approximate surface area is 190 Å². The first-order valence-electron chi connectivity index (χ1n) is 10.3. The highest BCUT2D eigenvalue weighted by atomic mass is 35.5. The van der Waals surface area contributed by atoms with Gasteiger partial charge in [0, 0.05) is 35.8 Å². The zero-order valence-corrected chi connectivity index (χ0v) is 18.0. The maximum absolute atomic E-state index is 12.1. The van der Waals surface area contributed by atoms with E-state index >= 15 is 0 Å². The zero-order chi connectivity index (χ0) is 22.5. The highest BCUT2D eigenvalue weighted by Crippen LogP contribution is 2.28. The highest BCUT2D eigenvalue weighted by Gasteiger charge is 2.18. The van der Waals surface area contributed by atoms with E-state index in [0.29, 0.717) is 29.9 Å². The van der Waals surface area contributed by atoms with Gasteiger partial charge in [-0.15, -0.1) is 0 Å². The number of carboxylic acid groups (broad SMARTS) is 1. The quantitative estimate of drug-likeness (QED) is 0.511. The number of benzene rings is 2. The van der Waals surface area contributed by atoms with Crippen LogP contribution in [0.4, 0.5) is 11.7 Å². The summed E-state index contributed by atoms with van der Waals surface area (Å²) >= 11 is 6.00. The third-order valence-corrected chi connectivity index (χ3v) is 5.47. The van der Waals surface area contributed by atoms with Crippen LogP contribution in [0.5, 0.6) is 0 Å². The lowest BCUT2D eigenvalue weighted by molar-refractivity contribution is -0.140. The number of halogens is 1. The van der Waals surface area contributed by atoms with Crippen molar-refractivity contribution in [3.05, 3.63) is 71.4 Å². The SMILES string of the molecule is O=C(O)CCC(=O)N1CC=C(c2ccc(-c3cnc(Nc4cccc(Cl)c4)o3)cc2)CC1. The molecule has 3 aromatic rings. The van der Waals surface area contributed by atoms with Gasteiger partial charge in [0.05, 0.1) is 12.6 Å². The molecule has 164 valence electrons. The number of aromatic nitrogens is 1. The van der Waals surface area contributed by atoms with E-state index in [-0.39, 0.29) is 18.7 Å². The Morgan fingerprint density at radius 1 is 1.12 bits per heavy atom. The first-order chi connectivity index (χ1) is 15.5. The van der Waals surface area contributed by atoms with Gasteiger partial charge >= 0.3 is 5.97 Å². The summed E-state index contributed by atoms with van der Waals surface area (Å²) in [5.41, 5.74) is 3.95. The van der Waals surface area contributed by atoms with Gasteiger partial charge in [-0.05, 0) is 35.8 Å². The number of rotatable bonds is 7. The number of aliphatic carboxylic acids is 1. The molecule has 8 heteroatoms. The monoisotopic (exact) mass is 451 g/mol. The summed E-state index contributed by atoms with van der Waals surface area (Å²) in [5, 5.41) is 12.4. The predicted octanol–water partition coefficient (Wildman–Crippen LogP) is 5.22. The van der Waals surface area contributed by atoms with Crippen LogP contribution < -0.4 is 5.32 Å². The van der Waals surface area contributed by atoms with Crippen molar-refractivity contribution in [2.45, 2.75) is 19.3 Å². The lowest BCUT2D eigenvalue weighted by Crippen LogP contribution is -2.34. The average Bonchev–Trinajstić information content (AvgIpc) is 3.26. The normalized spacial score (nSPS) is 13.5. The molecule has 0 aliphatic carbocycles. The second-order valence-corrected chi connectivity index (χ2v) is 7.89. The molecule has 2 heterocycles. The fraction of sp³-hybridized carbons (Fsp3) is 0.208. The minimum absolute atomic E-state index is 0.0402. The molecular formula is C24H22ClN3O4. The number of oxazole rings is 1. The molecule has 4 rings (SSSR count). The Bertz CT molecular complexity index is 1150. The lowest BCUT2D eigenvalue weighted by Gasteiger charge is -2.26. The summed E-state index contributed by atoms with van der Waals surface area (Å²) in [6.07, 6.45) is 4.33. The largest absolute Gasteiger partial charge is 0.481 e. The molecule has 1 aliphatic rings. The minimum atomic E-state index is -0.953. The maximum Gasteiger partial charge on any atom is 0.303 e. The number of amides is 1. The van der Waals surface area contributed by atoms with Gasteiger partial charge in [-0.25, -0.2) is 4.98 Å². The van der Waals surface area contributed by atoms with Crippen LogP contribution in [0.2, 0.25) is 5.02 Å². The molecule has 2 N–H and O–H groups in total. The molecule has 0 fully saturated rings. The third-order valence-electron chi connectivity index (χ3n) is 5.24. The van der Waals surface area contributed by atoms with Gasteiger partial charge in [-0.1, -0.05) is 48.0 Å². The number of carboxylic acids is 1. The second kappa shape index (κ2) is 9.70. The standard InChI is InChI=1S/C24H22ClN3O4/c25-19-2-1-3-20(14-19)27-24-26-15-21(32-24)18-6-4-16(5-7-18)17-10-12-28(13-11-17)22(29)8-9-23(30)31/h1-7,10,14-15H,8-9,11-13H2,(H,26,27)(H,30,31). The molecular weight excluding hydrogens is 430 g/mol. The smallest absolute Gasteiger partial charge is 0.303 e. The minimum Gasteiger partial charge on any atom is -0.481 e. The average molecular weight is 452 g/mol. The molecule has 32 heavy (non-hydrogen) atoms. The number of hydrogen-bond donors (Lipinski definition) is 2. The van der Waals surface area contributed by atoms with E-state index in [1.165, 1.54) is 5.57 Å². The van der Waals surface area contributed by atoms with Crippen LogP contribution >= 0.6 is 11.6 Å². The van der Waals surface area contributed by atoms with E-state index in [4.69, 9.17) is 21.1 Å². The molecule has 0 unspecified atom stereocenters. The van der Waals surface area contributed by atoms with Crippen molar-refractivity contribution >= 4 is 40.8 Å². The van der Waals surface area contributed by atoms with Crippen LogP contribution in [-0.4, -0.2) is 40.0 Å². The molecule has 2 aromatic carbocycles. The Hall–Kier alpha value is -3.58. The summed E-state index contributed by atoms with van der Waals surface area (Å²) in [6.45, 7) is 1.09. The van der Waals surface area contributed by atoms with Gasteiger partial charge in [-0.3, -0.25) is 9.59 Å². The summed E-state index contributed by atoms with van der Waals surface area (Å²) < 4.78 is 5.81. The Kier molecular flexibility index (Phi) is 6.56. The maximum atomic E-state index is 12.1. The molecule has 0 bridgehead atoms. The molecule has 0 spiro atoms. The van der Waals surface area contributed by atoms with E-state index < -0.39 is 5.97 Å². The summed E-state index contributed by atoms with van der Waals surface area (Å²) in [6, 6.07) is 15.7. The summed E-state index contributed by atoms with van der Waals surface area (Å²) in [7, 11) is 0. The molecule has 0 atom stereocenters. The number of carbonyl (C=O) groups is 2. The first kappa shape index (κ1) is 21.6.